The number of fused-ring (bicyclic) bond motifs is 6. The highest BCUT2D eigenvalue weighted by atomic mass is 16.3. The normalized spacial score (nSPS) is 11.5. The van der Waals surface area contributed by atoms with Crippen LogP contribution in [-0.4, -0.2) is 0 Å². The highest BCUT2D eigenvalue weighted by Crippen LogP contribution is 2.52. The number of hydrogen-bond donors (Lipinski definition) is 0. The lowest BCUT2D eigenvalue weighted by atomic mass is 9.91. The number of furan rings is 1. The van der Waals surface area contributed by atoms with E-state index in [0.717, 1.165) is 60.9 Å². The van der Waals surface area contributed by atoms with E-state index >= 15 is 0 Å². The lowest BCUT2D eigenvalue weighted by Gasteiger charge is -2.30. The molecule has 0 saturated heterocycles. The van der Waals surface area contributed by atoms with Gasteiger partial charge in [0.15, 0.2) is 0 Å². The SMILES string of the molecule is c1ccc(-c2ccc(N(c3ccc4ccccc4c3)c3c(-c4ccccc4)c4c5ccccc5oc4c4ccccc34)cc2)cc1. The van der Waals surface area contributed by atoms with Gasteiger partial charge in [0.05, 0.1) is 5.69 Å². The van der Waals surface area contributed by atoms with Crippen LogP contribution < -0.4 is 4.90 Å². The maximum atomic E-state index is 6.68. The van der Waals surface area contributed by atoms with E-state index in [1.54, 1.807) is 0 Å². The summed E-state index contributed by atoms with van der Waals surface area (Å²) in [7, 11) is 0. The van der Waals surface area contributed by atoms with Crippen molar-refractivity contribution in [3.8, 4) is 22.3 Å². The van der Waals surface area contributed by atoms with E-state index in [9.17, 15) is 0 Å². The first-order chi connectivity index (χ1) is 22.8. The molecule has 2 nitrogen and oxygen atoms in total. The van der Waals surface area contributed by atoms with Crippen molar-refractivity contribution in [2.45, 2.75) is 0 Å². The van der Waals surface area contributed by atoms with Crippen molar-refractivity contribution in [2.75, 3.05) is 4.90 Å². The lowest BCUT2D eigenvalue weighted by Crippen LogP contribution is -2.12. The monoisotopic (exact) mass is 587 g/mol. The van der Waals surface area contributed by atoms with Crippen molar-refractivity contribution in [1.29, 1.82) is 0 Å². The molecular weight excluding hydrogens is 558 g/mol. The summed E-state index contributed by atoms with van der Waals surface area (Å²) in [5, 5.41) is 6.88. The molecule has 8 aromatic carbocycles. The van der Waals surface area contributed by atoms with E-state index in [1.807, 2.05) is 6.07 Å². The summed E-state index contributed by atoms with van der Waals surface area (Å²) in [6, 6.07) is 62.7. The van der Waals surface area contributed by atoms with Crippen LogP contribution >= 0.6 is 0 Å². The fraction of sp³-hybridized carbons (Fsp3) is 0. The average Bonchev–Trinajstić information content (AvgIpc) is 3.52. The molecule has 0 aliphatic rings. The topological polar surface area (TPSA) is 16.4 Å². The number of hydrogen-bond acceptors (Lipinski definition) is 2. The molecule has 1 heterocycles. The summed E-state index contributed by atoms with van der Waals surface area (Å²) in [6.07, 6.45) is 0. The van der Waals surface area contributed by atoms with Crippen molar-refractivity contribution in [3.05, 3.63) is 176 Å². The number of benzene rings is 8. The molecule has 0 saturated carbocycles. The van der Waals surface area contributed by atoms with Gasteiger partial charge in [-0.3, -0.25) is 0 Å². The van der Waals surface area contributed by atoms with Gasteiger partial charge in [0, 0.05) is 38.5 Å². The van der Waals surface area contributed by atoms with Crippen LogP contribution in [0.1, 0.15) is 0 Å². The van der Waals surface area contributed by atoms with E-state index in [0.29, 0.717) is 0 Å². The first kappa shape index (κ1) is 26.3. The second kappa shape index (κ2) is 10.8. The zero-order chi connectivity index (χ0) is 30.5. The minimum Gasteiger partial charge on any atom is -0.455 e. The number of rotatable bonds is 5. The van der Waals surface area contributed by atoms with Gasteiger partial charge in [-0.2, -0.15) is 0 Å². The molecule has 0 N–H and O–H groups in total. The van der Waals surface area contributed by atoms with Crippen LogP contribution in [0.25, 0.3) is 65.7 Å². The molecule has 0 aliphatic carbocycles. The van der Waals surface area contributed by atoms with Crippen molar-refractivity contribution in [3.63, 3.8) is 0 Å². The minimum absolute atomic E-state index is 0.890. The maximum absolute atomic E-state index is 6.68. The Hall–Kier alpha value is -6.12. The average molecular weight is 588 g/mol. The summed E-state index contributed by atoms with van der Waals surface area (Å²) in [6.45, 7) is 0. The minimum atomic E-state index is 0.890. The molecule has 46 heavy (non-hydrogen) atoms. The molecule has 9 aromatic rings. The van der Waals surface area contributed by atoms with E-state index < -0.39 is 0 Å². The Morgan fingerprint density at radius 1 is 0.391 bits per heavy atom. The van der Waals surface area contributed by atoms with Crippen molar-refractivity contribution in [2.24, 2.45) is 0 Å². The van der Waals surface area contributed by atoms with Gasteiger partial charge in [0.2, 0.25) is 0 Å². The highest BCUT2D eigenvalue weighted by molar-refractivity contribution is 6.27. The summed E-state index contributed by atoms with van der Waals surface area (Å²) in [5.74, 6) is 0. The number of nitrogens with zero attached hydrogens (tertiary/aromatic N) is 1. The lowest BCUT2D eigenvalue weighted by molar-refractivity contribution is 0.673. The molecule has 0 unspecified atom stereocenters. The second-order valence-electron chi connectivity index (χ2n) is 11.7. The Kier molecular flexibility index (Phi) is 6.17. The summed E-state index contributed by atoms with van der Waals surface area (Å²) in [5.41, 5.74) is 9.80. The van der Waals surface area contributed by atoms with Gasteiger partial charge in [-0.15, -0.1) is 0 Å². The first-order valence-electron chi connectivity index (χ1n) is 15.7. The van der Waals surface area contributed by atoms with E-state index in [4.69, 9.17) is 4.42 Å². The van der Waals surface area contributed by atoms with Crippen LogP contribution in [0.5, 0.6) is 0 Å². The predicted molar refractivity (Wildman–Crippen MR) is 194 cm³/mol. The Bertz CT molecular complexity index is 2510. The molecule has 0 bridgehead atoms. The third kappa shape index (κ3) is 4.27. The highest BCUT2D eigenvalue weighted by Gasteiger charge is 2.26. The molecule has 0 spiro atoms. The molecule has 216 valence electrons. The number of para-hydroxylation sites is 1. The maximum Gasteiger partial charge on any atom is 0.144 e. The zero-order valence-electron chi connectivity index (χ0n) is 25.1. The summed E-state index contributed by atoms with van der Waals surface area (Å²) < 4.78 is 6.68. The summed E-state index contributed by atoms with van der Waals surface area (Å²) >= 11 is 0. The summed E-state index contributed by atoms with van der Waals surface area (Å²) in [4.78, 5) is 2.44. The first-order valence-corrected chi connectivity index (χ1v) is 15.7. The van der Waals surface area contributed by atoms with Gasteiger partial charge in [-0.25, -0.2) is 0 Å². The van der Waals surface area contributed by atoms with Gasteiger partial charge in [0.25, 0.3) is 0 Å². The van der Waals surface area contributed by atoms with Crippen molar-refractivity contribution in [1.82, 2.24) is 0 Å². The Morgan fingerprint density at radius 2 is 0.957 bits per heavy atom. The molecule has 0 atom stereocenters. The Labute approximate surface area is 267 Å². The zero-order valence-corrected chi connectivity index (χ0v) is 25.1. The van der Waals surface area contributed by atoms with Gasteiger partial charge >= 0.3 is 0 Å². The molecule has 0 amide bonds. The standard InChI is InChI=1S/C44H29NO/c1-3-13-30(14-4-1)32-23-26-35(27-24-32)45(36-28-25-31-15-7-8-18-34(31)29-36)43-37-19-9-10-20-38(37)44-42(39-21-11-12-22-40(39)46-44)41(43)33-16-5-2-6-17-33/h1-29H. The van der Waals surface area contributed by atoms with Gasteiger partial charge in [-0.05, 0) is 57.8 Å². The van der Waals surface area contributed by atoms with Crippen molar-refractivity contribution >= 4 is 60.5 Å². The van der Waals surface area contributed by atoms with Crippen LogP contribution in [0, 0.1) is 0 Å². The van der Waals surface area contributed by atoms with E-state index in [2.05, 4.69) is 175 Å². The van der Waals surface area contributed by atoms with Crippen LogP contribution in [0.15, 0.2) is 180 Å². The van der Waals surface area contributed by atoms with Crippen LogP contribution in [0.2, 0.25) is 0 Å². The quantitative estimate of drug-likeness (QED) is 0.199. The Balaban J connectivity index is 1.42. The predicted octanol–water partition coefficient (Wildman–Crippen LogP) is 12.7. The molecule has 0 fully saturated rings. The molecule has 1 aromatic heterocycles. The third-order valence-electron chi connectivity index (χ3n) is 9.02. The fourth-order valence-electron chi connectivity index (χ4n) is 6.90. The van der Waals surface area contributed by atoms with Crippen LogP contribution in [0.4, 0.5) is 17.1 Å². The fourth-order valence-corrected chi connectivity index (χ4v) is 6.90. The van der Waals surface area contributed by atoms with Crippen LogP contribution in [0.3, 0.4) is 0 Å². The molecular formula is C44H29NO. The molecule has 0 aliphatic heterocycles. The van der Waals surface area contributed by atoms with E-state index in [1.165, 1.54) is 21.9 Å². The van der Waals surface area contributed by atoms with Gasteiger partial charge < -0.3 is 9.32 Å². The van der Waals surface area contributed by atoms with Crippen molar-refractivity contribution < 1.29 is 4.42 Å². The number of anilines is 3. The largest absolute Gasteiger partial charge is 0.455 e. The smallest absolute Gasteiger partial charge is 0.144 e. The second-order valence-corrected chi connectivity index (χ2v) is 11.7. The van der Waals surface area contributed by atoms with Crippen LogP contribution in [-0.2, 0) is 0 Å². The third-order valence-corrected chi connectivity index (χ3v) is 9.02. The molecule has 2 heteroatoms. The van der Waals surface area contributed by atoms with Gasteiger partial charge in [0.1, 0.15) is 11.2 Å². The Morgan fingerprint density at radius 3 is 1.72 bits per heavy atom. The van der Waals surface area contributed by atoms with E-state index in [-0.39, 0.29) is 0 Å². The molecule has 9 rings (SSSR count). The van der Waals surface area contributed by atoms with Gasteiger partial charge in [-0.1, -0.05) is 146 Å². The molecule has 0 radical (unpaired) electrons.